The number of fused-ring (bicyclic) bond motifs is 3. The molecule has 20 heavy (non-hydrogen) atoms. The second-order valence-corrected chi connectivity index (χ2v) is 5.10. The average molecular weight is 303 g/mol. The molecule has 2 nitrogen and oxygen atoms in total. The van der Waals surface area contributed by atoms with Crippen LogP contribution in [0.1, 0.15) is 20.7 Å². The molecule has 3 rings (SSSR count). The number of hydrogen-bond donors (Lipinski definition) is 0. The molecule has 0 bridgehead atoms. The first kappa shape index (κ1) is 13.1. The van der Waals surface area contributed by atoms with E-state index < -0.39 is 10.5 Å². The van der Waals surface area contributed by atoms with Gasteiger partial charge in [-0.3, -0.25) is 9.59 Å². The van der Waals surface area contributed by atoms with Crippen LogP contribution in [0.5, 0.6) is 0 Å². The van der Waals surface area contributed by atoms with Crippen molar-refractivity contribution in [3.05, 3.63) is 59.7 Å². The van der Waals surface area contributed by atoms with E-state index in [0.717, 1.165) is 16.2 Å². The summed E-state index contributed by atoms with van der Waals surface area (Å²) in [6.07, 6.45) is 0. The molecule has 0 N–H and O–H groups in total. The van der Waals surface area contributed by atoms with Gasteiger partial charge in [0.25, 0.3) is 10.5 Å². The van der Waals surface area contributed by atoms with Crippen LogP contribution in [0, 0.1) is 0 Å². The molecule has 3 aromatic carbocycles. The number of halogens is 2. The number of benzene rings is 3. The fourth-order valence-electron chi connectivity index (χ4n) is 2.46. The molecule has 98 valence electrons. The Labute approximate surface area is 124 Å². The molecular weight excluding hydrogens is 295 g/mol. The highest BCUT2D eigenvalue weighted by Gasteiger charge is 2.18. The topological polar surface area (TPSA) is 34.1 Å². The van der Waals surface area contributed by atoms with Gasteiger partial charge < -0.3 is 0 Å². The van der Waals surface area contributed by atoms with Crippen LogP contribution in [-0.4, -0.2) is 10.5 Å². The third-order valence-corrected chi connectivity index (χ3v) is 3.73. The number of carbonyl (C=O) groups is 2. The fraction of sp³-hybridized carbons (Fsp3) is 0. The zero-order valence-electron chi connectivity index (χ0n) is 10.2. The van der Waals surface area contributed by atoms with Crippen molar-refractivity contribution in [2.75, 3.05) is 0 Å². The maximum atomic E-state index is 11.7. The molecule has 0 saturated heterocycles. The van der Waals surface area contributed by atoms with E-state index in [1.807, 2.05) is 30.3 Å². The minimum absolute atomic E-state index is 0.134. The van der Waals surface area contributed by atoms with E-state index in [-0.39, 0.29) is 11.1 Å². The number of rotatable bonds is 2. The van der Waals surface area contributed by atoms with Crippen LogP contribution in [0.2, 0.25) is 0 Å². The molecule has 0 spiro atoms. The molecule has 0 saturated carbocycles. The summed E-state index contributed by atoms with van der Waals surface area (Å²) in [5, 5.41) is 2.18. The minimum atomic E-state index is -0.691. The molecule has 0 aliphatic carbocycles. The monoisotopic (exact) mass is 302 g/mol. The Morgan fingerprint density at radius 2 is 1.40 bits per heavy atom. The van der Waals surface area contributed by atoms with Crippen molar-refractivity contribution in [2.24, 2.45) is 0 Å². The van der Waals surface area contributed by atoms with Crippen LogP contribution < -0.4 is 0 Å². The van der Waals surface area contributed by atoms with Gasteiger partial charge in [0.2, 0.25) is 0 Å². The first-order valence-corrected chi connectivity index (χ1v) is 6.69. The van der Waals surface area contributed by atoms with Crippen LogP contribution in [0.15, 0.2) is 48.5 Å². The normalized spacial score (nSPS) is 10.9. The Bertz CT molecular complexity index is 869. The van der Waals surface area contributed by atoms with Crippen LogP contribution in [0.3, 0.4) is 0 Å². The van der Waals surface area contributed by atoms with Crippen molar-refractivity contribution in [3.8, 4) is 0 Å². The lowest BCUT2D eigenvalue weighted by Crippen LogP contribution is -2.02. The van der Waals surface area contributed by atoms with Gasteiger partial charge in [0, 0.05) is 5.56 Å². The summed E-state index contributed by atoms with van der Waals surface area (Å²) >= 11 is 11.2. The van der Waals surface area contributed by atoms with E-state index in [2.05, 4.69) is 0 Å². The van der Waals surface area contributed by atoms with Gasteiger partial charge in [-0.2, -0.15) is 0 Å². The van der Waals surface area contributed by atoms with E-state index in [9.17, 15) is 9.59 Å². The summed E-state index contributed by atoms with van der Waals surface area (Å²) in [7, 11) is 0. The zero-order valence-corrected chi connectivity index (χ0v) is 11.7. The molecule has 0 radical (unpaired) electrons. The standard InChI is InChI=1S/C16H8Cl2O2/c17-15(19)13-8-7-11-10-4-2-1-3-9(10)5-6-12(11)14(13)16(18)20/h1-8H. The van der Waals surface area contributed by atoms with Gasteiger partial charge in [0.05, 0.1) is 5.56 Å². The van der Waals surface area contributed by atoms with Gasteiger partial charge in [-0.25, -0.2) is 0 Å². The number of carbonyl (C=O) groups excluding carboxylic acids is 2. The van der Waals surface area contributed by atoms with E-state index in [1.54, 1.807) is 18.2 Å². The molecule has 4 heteroatoms. The predicted molar refractivity (Wildman–Crippen MR) is 81.8 cm³/mol. The molecule has 0 heterocycles. The lowest BCUT2D eigenvalue weighted by molar-refractivity contribution is 0.105. The van der Waals surface area contributed by atoms with Gasteiger partial charge in [-0.1, -0.05) is 42.5 Å². The third kappa shape index (κ3) is 1.98. The molecule has 0 aliphatic heterocycles. The lowest BCUT2D eigenvalue weighted by atomic mass is 9.96. The molecule has 0 atom stereocenters. The molecule has 0 unspecified atom stereocenters. The largest absolute Gasteiger partial charge is 0.276 e. The van der Waals surface area contributed by atoms with Crippen molar-refractivity contribution in [1.29, 1.82) is 0 Å². The SMILES string of the molecule is O=C(Cl)c1ccc2c(ccc3ccccc32)c1C(=O)Cl. The van der Waals surface area contributed by atoms with Crippen LogP contribution in [0.4, 0.5) is 0 Å². The second kappa shape index (κ2) is 4.89. The first-order chi connectivity index (χ1) is 9.59. The van der Waals surface area contributed by atoms with Crippen molar-refractivity contribution >= 4 is 55.2 Å². The van der Waals surface area contributed by atoms with Crippen molar-refractivity contribution in [2.45, 2.75) is 0 Å². The summed E-state index contributed by atoms with van der Waals surface area (Å²) < 4.78 is 0. The van der Waals surface area contributed by atoms with Crippen molar-refractivity contribution in [1.82, 2.24) is 0 Å². The Balaban J connectivity index is 2.52. The van der Waals surface area contributed by atoms with Gasteiger partial charge in [-0.05, 0) is 50.8 Å². The summed E-state index contributed by atoms with van der Waals surface area (Å²) in [4.78, 5) is 23.1. The predicted octanol–water partition coefficient (Wildman–Crippen LogP) is 4.75. The maximum Gasteiger partial charge on any atom is 0.253 e. The van der Waals surface area contributed by atoms with E-state index in [4.69, 9.17) is 23.2 Å². The van der Waals surface area contributed by atoms with Crippen LogP contribution in [-0.2, 0) is 0 Å². The summed E-state index contributed by atoms with van der Waals surface area (Å²) in [5.74, 6) is 0. The fourth-order valence-corrected chi connectivity index (χ4v) is 2.82. The van der Waals surface area contributed by atoms with Gasteiger partial charge in [0.15, 0.2) is 0 Å². The summed E-state index contributed by atoms with van der Waals surface area (Å²) in [5.41, 5.74) is 0.296. The Kier molecular flexibility index (Phi) is 3.20. The number of hydrogen-bond acceptors (Lipinski definition) is 2. The van der Waals surface area contributed by atoms with E-state index >= 15 is 0 Å². The molecule has 0 fully saturated rings. The molecule has 0 aromatic heterocycles. The van der Waals surface area contributed by atoms with Crippen LogP contribution in [0.25, 0.3) is 21.5 Å². The highest BCUT2D eigenvalue weighted by atomic mass is 35.5. The zero-order chi connectivity index (χ0) is 14.3. The minimum Gasteiger partial charge on any atom is -0.276 e. The second-order valence-electron chi connectivity index (χ2n) is 4.42. The summed E-state index contributed by atoms with van der Waals surface area (Å²) in [6, 6.07) is 14.8. The van der Waals surface area contributed by atoms with E-state index in [0.29, 0.717) is 5.39 Å². The Morgan fingerprint density at radius 1 is 0.700 bits per heavy atom. The van der Waals surface area contributed by atoms with Crippen molar-refractivity contribution in [3.63, 3.8) is 0 Å². The summed E-state index contributed by atoms with van der Waals surface area (Å²) in [6.45, 7) is 0. The third-order valence-electron chi connectivity index (χ3n) is 3.33. The molecular formula is C16H8Cl2O2. The smallest absolute Gasteiger partial charge is 0.253 e. The van der Waals surface area contributed by atoms with Crippen LogP contribution >= 0.6 is 23.2 Å². The van der Waals surface area contributed by atoms with Gasteiger partial charge in [-0.15, -0.1) is 0 Å². The first-order valence-electron chi connectivity index (χ1n) is 5.93. The van der Waals surface area contributed by atoms with Crippen molar-refractivity contribution < 1.29 is 9.59 Å². The van der Waals surface area contributed by atoms with Gasteiger partial charge >= 0.3 is 0 Å². The van der Waals surface area contributed by atoms with Gasteiger partial charge in [0.1, 0.15) is 0 Å². The Morgan fingerprint density at radius 3 is 2.10 bits per heavy atom. The maximum absolute atomic E-state index is 11.7. The average Bonchev–Trinajstić information content (AvgIpc) is 2.45. The highest BCUT2D eigenvalue weighted by molar-refractivity contribution is 6.72. The van der Waals surface area contributed by atoms with E-state index in [1.165, 1.54) is 0 Å². The highest BCUT2D eigenvalue weighted by Crippen LogP contribution is 2.31. The lowest BCUT2D eigenvalue weighted by Gasteiger charge is -2.09. The molecule has 0 amide bonds. The quantitative estimate of drug-likeness (QED) is 0.505. The Hall–Kier alpha value is -1.90. The molecule has 0 aliphatic rings. The molecule has 3 aromatic rings.